The molecule has 2 rings (SSSR count). The average molecular weight is 304 g/mol. The number of unbranched alkanes of at least 4 members (excludes halogenated alkanes) is 1. The molecule has 21 heavy (non-hydrogen) atoms. The van der Waals surface area contributed by atoms with Crippen molar-refractivity contribution in [2.24, 2.45) is 0 Å². The van der Waals surface area contributed by atoms with Gasteiger partial charge in [0.25, 0.3) is 0 Å². The van der Waals surface area contributed by atoms with Crippen LogP contribution in [0.1, 0.15) is 19.8 Å². The molecule has 0 radical (unpaired) electrons. The molecule has 0 aliphatic rings. The molecule has 0 heterocycles. The monoisotopic (exact) mass is 303 g/mol. The molecule has 2 aromatic carbocycles. The van der Waals surface area contributed by atoms with Crippen molar-refractivity contribution in [1.82, 2.24) is 0 Å². The summed E-state index contributed by atoms with van der Waals surface area (Å²) in [6, 6.07) is 17.9. The number of nitrogens with zero attached hydrogens (tertiary/aromatic N) is 1. The number of hydrogen-bond donors (Lipinski definition) is 0. The number of hydrogen-bond acceptors (Lipinski definition) is 2. The van der Waals surface area contributed by atoms with E-state index in [9.17, 15) is 0 Å². The third kappa shape index (κ3) is 5.31. The van der Waals surface area contributed by atoms with Gasteiger partial charge in [0.05, 0.1) is 6.54 Å². The van der Waals surface area contributed by atoms with Gasteiger partial charge in [0.15, 0.2) is 0 Å². The lowest BCUT2D eigenvalue weighted by atomic mass is 10.2. The van der Waals surface area contributed by atoms with E-state index in [4.69, 9.17) is 16.3 Å². The van der Waals surface area contributed by atoms with Crippen LogP contribution in [0, 0.1) is 0 Å². The number of benzene rings is 2. The maximum Gasteiger partial charge on any atom is 0.119 e. The number of para-hydroxylation sites is 1. The van der Waals surface area contributed by atoms with Crippen LogP contribution in [0.3, 0.4) is 0 Å². The van der Waals surface area contributed by atoms with E-state index in [0.29, 0.717) is 6.61 Å². The number of halogens is 1. The zero-order chi connectivity index (χ0) is 14.9. The fourth-order valence-corrected chi connectivity index (χ4v) is 2.37. The molecule has 2 aromatic rings. The Balaban J connectivity index is 1.93. The first-order valence-corrected chi connectivity index (χ1v) is 7.85. The minimum absolute atomic E-state index is 0.667. The maximum absolute atomic E-state index is 6.09. The topological polar surface area (TPSA) is 12.5 Å². The molecular weight excluding hydrogens is 282 g/mol. The summed E-state index contributed by atoms with van der Waals surface area (Å²) in [5, 5.41) is 0.776. The third-order valence-electron chi connectivity index (χ3n) is 3.33. The van der Waals surface area contributed by atoms with Crippen LogP contribution in [0.4, 0.5) is 5.69 Å². The standard InChI is InChI=1S/C18H22ClNO/c1-2-3-12-20(17-9-7-8-16(19)15-17)13-14-21-18-10-5-4-6-11-18/h4-11,15H,2-3,12-14H2,1H3. The molecule has 2 nitrogen and oxygen atoms in total. The summed E-state index contributed by atoms with van der Waals surface area (Å²) in [6.07, 6.45) is 2.34. The lowest BCUT2D eigenvalue weighted by Crippen LogP contribution is -2.29. The van der Waals surface area contributed by atoms with Crippen molar-refractivity contribution in [3.05, 3.63) is 59.6 Å². The maximum atomic E-state index is 6.09. The van der Waals surface area contributed by atoms with E-state index in [-0.39, 0.29) is 0 Å². The summed E-state index contributed by atoms with van der Waals surface area (Å²) in [7, 11) is 0. The second kappa shape index (κ2) is 8.58. The predicted molar refractivity (Wildman–Crippen MR) is 90.5 cm³/mol. The van der Waals surface area contributed by atoms with Crippen LogP contribution >= 0.6 is 11.6 Å². The van der Waals surface area contributed by atoms with Gasteiger partial charge in [-0.05, 0) is 36.8 Å². The molecule has 0 aliphatic carbocycles. The van der Waals surface area contributed by atoms with Crippen LogP contribution in [0.15, 0.2) is 54.6 Å². The van der Waals surface area contributed by atoms with Crippen molar-refractivity contribution in [3.63, 3.8) is 0 Å². The molecule has 0 spiro atoms. The van der Waals surface area contributed by atoms with E-state index in [1.807, 2.05) is 48.5 Å². The second-order valence-electron chi connectivity index (χ2n) is 4.98. The van der Waals surface area contributed by atoms with Gasteiger partial charge in [-0.1, -0.05) is 49.2 Å². The molecule has 3 heteroatoms. The summed E-state index contributed by atoms with van der Waals surface area (Å²) < 4.78 is 5.79. The van der Waals surface area contributed by atoms with Crippen molar-refractivity contribution >= 4 is 17.3 Å². The van der Waals surface area contributed by atoms with Crippen LogP contribution in [-0.4, -0.2) is 19.7 Å². The van der Waals surface area contributed by atoms with E-state index in [2.05, 4.69) is 17.9 Å². The zero-order valence-electron chi connectivity index (χ0n) is 12.5. The normalized spacial score (nSPS) is 10.4. The van der Waals surface area contributed by atoms with Crippen molar-refractivity contribution in [3.8, 4) is 5.75 Å². The molecule has 0 amide bonds. The minimum atomic E-state index is 0.667. The van der Waals surface area contributed by atoms with Crippen LogP contribution in [0.5, 0.6) is 5.75 Å². The summed E-state index contributed by atoms with van der Waals surface area (Å²) in [6.45, 7) is 4.75. The molecule has 0 aliphatic heterocycles. The molecule has 112 valence electrons. The second-order valence-corrected chi connectivity index (χ2v) is 5.42. The Morgan fingerprint density at radius 2 is 1.81 bits per heavy atom. The van der Waals surface area contributed by atoms with Gasteiger partial charge >= 0.3 is 0 Å². The SMILES string of the molecule is CCCCN(CCOc1ccccc1)c1cccc(Cl)c1. The van der Waals surface area contributed by atoms with Gasteiger partial charge in [-0.2, -0.15) is 0 Å². The minimum Gasteiger partial charge on any atom is -0.492 e. The highest BCUT2D eigenvalue weighted by Gasteiger charge is 2.06. The van der Waals surface area contributed by atoms with E-state index in [1.54, 1.807) is 0 Å². The van der Waals surface area contributed by atoms with E-state index in [0.717, 1.165) is 36.0 Å². The Kier molecular flexibility index (Phi) is 6.42. The lowest BCUT2D eigenvalue weighted by molar-refractivity contribution is 0.323. The molecular formula is C18H22ClNO. The van der Waals surface area contributed by atoms with Crippen LogP contribution in [0.25, 0.3) is 0 Å². The van der Waals surface area contributed by atoms with Gasteiger partial charge in [0.2, 0.25) is 0 Å². The van der Waals surface area contributed by atoms with Gasteiger partial charge in [0, 0.05) is 17.3 Å². The van der Waals surface area contributed by atoms with Crippen LogP contribution < -0.4 is 9.64 Å². The van der Waals surface area contributed by atoms with Crippen LogP contribution in [-0.2, 0) is 0 Å². The quantitative estimate of drug-likeness (QED) is 0.678. The van der Waals surface area contributed by atoms with Gasteiger partial charge in [-0.25, -0.2) is 0 Å². The summed E-state index contributed by atoms with van der Waals surface area (Å²) in [5.74, 6) is 0.916. The number of anilines is 1. The Bertz CT molecular complexity index is 530. The van der Waals surface area contributed by atoms with Gasteiger partial charge in [-0.15, -0.1) is 0 Å². The van der Waals surface area contributed by atoms with Gasteiger partial charge in [-0.3, -0.25) is 0 Å². The van der Waals surface area contributed by atoms with E-state index < -0.39 is 0 Å². The molecule has 0 saturated carbocycles. The first-order chi connectivity index (χ1) is 10.3. The highest BCUT2D eigenvalue weighted by atomic mass is 35.5. The molecule has 0 unspecified atom stereocenters. The lowest BCUT2D eigenvalue weighted by Gasteiger charge is -2.25. The third-order valence-corrected chi connectivity index (χ3v) is 3.56. The van der Waals surface area contributed by atoms with E-state index >= 15 is 0 Å². The summed E-state index contributed by atoms with van der Waals surface area (Å²) in [4.78, 5) is 2.33. The highest BCUT2D eigenvalue weighted by Crippen LogP contribution is 2.20. The Morgan fingerprint density at radius 3 is 2.52 bits per heavy atom. The fraction of sp³-hybridized carbons (Fsp3) is 0.333. The average Bonchev–Trinajstić information content (AvgIpc) is 2.51. The van der Waals surface area contributed by atoms with Crippen molar-refractivity contribution in [2.45, 2.75) is 19.8 Å². The first-order valence-electron chi connectivity index (χ1n) is 7.48. The Morgan fingerprint density at radius 1 is 1.00 bits per heavy atom. The van der Waals surface area contributed by atoms with Crippen LogP contribution in [0.2, 0.25) is 5.02 Å². The first kappa shape index (κ1) is 15.7. The van der Waals surface area contributed by atoms with Gasteiger partial charge < -0.3 is 9.64 Å². The number of ether oxygens (including phenoxy) is 1. The molecule has 0 fully saturated rings. The largest absolute Gasteiger partial charge is 0.492 e. The molecule has 0 bridgehead atoms. The van der Waals surface area contributed by atoms with Crippen molar-refractivity contribution < 1.29 is 4.74 Å². The Hall–Kier alpha value is -1.67. The summed E-state index contributed by atoms with van der Waals surface area (Å²) in [5.41, 5.74) is 1.16. The Labute approximate surface area is 132 Å². The molecule has 0 N–H and O–H groups in total. The van der Waals surface area contributed by atoms with Crippen molar-refractivity contribution in [2.75, 3.05) is 24.6 Å². The highest BCUT2D eigenvalue weighted by molar-refractivity contribution is 6.30. The fourth-order valence-electron chi connectivity index (χ4n) is 2.18. The van der Waals surface area contributed by atoms with E-state index in [1.165, 1.54) is 6.42 Å². The smallest absolute Gasteiger partial charge is 0.119 e. The number of rotatable bonds is 8. The zero-order valence-corrected chi connectivity index (χ0v) is 13.2. The predicted octanol–water partition coefficient (Wildman–Crippen LogP) is 5.03. The van der Waals surface area contributed by atoms with Crippen molar-refractivity contribution in [1.29, 1.82) is 0 Å². The molecule has 0 atom stereocenters. The van der Waals surface area contributed by atoms with Gasteiger partial charge in [0.1, 0.15) is 12.4 Å². The molecule has 0 aromatic heterocycles. The molecule has 0 saturated heterocycles. The summed E-state index contributed by atoms with van der Waals surface area (Å²) >= 11 is 6.09.